The highest BCUT2D eigenvalue weighted by Crippen LogP contribution is 2.19. The maximum Gasteiger partial charge on any atom is 0.240 e. The van der Waals surface area contributed by atoms with Crippen LogP contribution in [0.4, 0.5) is 0 Å². The third-order valence-corrected chi connectivity index (χ3v) is 5.46. The van der Waals surface area contributed by atoms with Gasteiger partial charge in [-0.15, -0.1) is 0 Å². The first kappa shape index (κ1) is 17.6. The fourth-order valence-electron chi connectivity index (χ4n) is 2.67. The van der Waals surface area contributed by atoms with Crippen LogP contribution in [0.3, 0.4) is 0 Å². The second kappa shape index (κ2) is 7.78. The van der Waals surface area contributed by atoms with Crippen LogP contribution in [-0.2, 0) is 27.9 Å². The van der Waals surface area contributed by atoms with E-state index < -0.39 is 10.0 Å². The Morgan fingerprint density at radius 2 is 1.56 bits per heavy atom. The number of rotatable bonds is 7. The van der Waals surface area contributed by atoms with Gasteiger partial charge in [0.2, 0.25) is 10.0 Å². The summed E-state index contributed by atoms with van der Waals surface area (Å²) in [6, 6.07) is 20.6. The van der Waals surface area contributed by atoms with E-state index in [1.54, 1.807) is 12.1 Å². The lowest BCUT2D eigenvalue weighted by molar-refractivity contribution is 0.133. The zero-order valence-corrected chi connectivity index (χ0v) is 14.9. The van der Waals surface area contributed by atoms with Gasteiger partial charge in [0.05, 0.1) is 11.5 Å². The van der Waals surface area contributed by atoms with Crippen molar-refractivity contribution in [2.75, 3.05) is 6.61 Å². The van der Waals surface area contributed by atoms with Gasteiger partial charge in [0.25, 0.3) is 0 Å². The Morgan fingerprint density at radius 1 is 0.880 bits per heavy atom. The molecule has 0 unspecified atom stereocenters. The monoisotopic (exact) mass is 355 g/mol. The number of hydrogen-bond acceptors (Lipinski definition) is 3. The second-order valence-electron chi connectivity index (χ2n) is 5.74. The van der Waals surface area contributed by atoms with Crippen LogP contribution in [0.15, 0.2) is 71.6 Å². The summed E-state index contributed by atoms with van der Waals surface area (Å²) in [7, 11) is -3.58. The zero-order valence-electron chi connectivity index (χ0n) is 14.1. The molecule has 4 nitrogen and oxygen atoms in total. The molecule has 0 aliphatic heterocycles. The highest BCUT2D eigenvalue weighted by Gasteiger charge is 2.15. The summed E-state index contributed by atoms with van der Waals surface area (Å²) in [4.78, 5) is 0.272. The van der Waals surface area contributed by atoms with Crippen LogP contribution in [0.1, 0.15) is 18.1 Å². The fraction of sp³-hybridized carbons (Fsp3) is 0.200. The van der Waals surface area contributed by atoms with Gasteiger partial charge in [-0.3, -0.25) is 0 Å². The Labute approximate surface area is 148 Å². The molecule has 0 bridgehead atoms. The first-order valence-corrected chi connectivity index (χ1v) is 9.71. The molecule has 0 aliphatic rings. The number of ether oxygens (including phenoxy) is 1. The quantitative estimate of drug-likeness (QED) is 0.700. The summed E-state index contributed by atoms with van der Waals surface area (Å²) in [5.41, 5.74) is 1.91. The van der Waals surface area contributed by atoms with Gasteiger partial charge in [0.15, 0.2) is 0 Å². The van der Waals surface area contributed by atoms with Crippen LogP contribution in [0.2, 0.25) is 0 Å². The second-order valence-corrected chi connectivity index (χ2v) is 7.51. The molecule has 3 aromatic carbocycles. The molecule has 0 fully saturated rings. The first-order valence-electron chi connectivity index (χ1n) is 8.23. The van der Waals surface area contributed by atoms with Crippen molar-refractivity contribution in [3.63, 3.8) is 0 Å². The molecule has 130 valence electrons. The normalized spacial score (nSPS) is 11.7. The van der Waals surface area contributed by atoms with E-state index in [1.165, 1.54) is 0 Å². The number of sulfonamides is 1. The van der Waals surface area contributed by atoms with Gasteiger partial charge in [0.1, 0.15) is 0 Å². The summed E-state index contributed by atoms with van der Waals surface area (Å²) >= 11 is 0. The topological polar surface area (TPSA) is 55.4 Å². The molecular formula is C20H21NO3S. The van der Waals surface area contributed by atoms with E-state index in [1.807, 2.05) is 61.5 Å². The standard InChI is InChI=1S/C20H21NO3S/c1-2-24-15-19-10-6-5-9-18(19)14-21-25(22,23)20-12-11-16-7-3-4-8-17(16)13-20/h3-13,21H,2,14-15H2,1H3. The number of fused-ring (bicyclic) bond motifs is 1. The molecule has 25 heavy (non-hydrogen) atoms. The van der Waals surface area contributed by atoms with Crippen LogP contribution < -0.4 is 4.72 Å². The average Bonchev–Trinajstić information content (AvgIpc) is 2.65. The molecular weight excluding hydrogens is 334 g/mol. The lowest BCUT2D eigenvalue weighted by Gasteiger charge is -2.11. The Kier molecular flexibility index (Phi) is 5.48. The fourth-order valence-corrected chi connectivity index (χ4v) is 3.71. The molecule has 3 aromatic rings. The van der Waals surface area contributed by atoms with E-state index in [9.17, 15) is 8.42 Å². The van der Waals surface area contributed by atoms with Crippen LogP contribution in [-0.4, -0.2) is 15.0 Å². The van der Waals surface area contributed by atoms with Crippen molar-refractivity contribution in [1.82, 2.24) is 4.72 Å². The lowest BCUT2D eigenvalue weighted by Crippen LogP contribution is -2.23. The van der Waals surface area contributed by atoms with Gasteiger partial charge in [-0.05, 0) is 41.0 Å². The Morgan fingerprint density at radius 3 is 2.32 bits per heavy atom. The van der Waals surface area contributed by atoms with E-state index in [4.69, 9.17) is 4.74 Å². The van der Waals surface area contributed by atoms with Crippen molar-refractivity contribution >= 4 is 20.8 Å². The van der Waals surface area contributed by atoms with Crippen LogP contribution in [0.5, 0.6) is 0 Å². The minimum Gasteiger partial charge on any atom is -0.377 e. The number of nitrogens with one attached hydrogen (secondary N) is 1. The first-order chi connectivity index (χ1) is 12.1. The van der Waals surface area contributed by atoms with Gasteiger partial charge < -0.3 is 4.74 Å². The SMILES string of the molecule is CCOCc1ccccc1CNS(=O)(=O)c1ccc2ccccc2c1. The van der Waals surface area contributed by atoms with Crippen LogP contribution >= 0.6 is 0 Å². The van der Waals surface area contributed by atoms with Gasteiger partial charge in [-0.2, -0.15) is 0 Å². The summed E-state index contributed by atoms with van der Waals surface area (Å²) in [5.74, 6) is 0. The van der Waals surface area contributed by atoms with Crippen LogP contribution in [0, 0.1) is 0 Å². The Balaban J connectivity index is 1.79. The van der Waals surface area contributed by atoms with Crippen molar-refractivity contribution < 1.29 is 13.2 Å². The molecule has 0 spiro atoms. The minimum absolute atomic E-state index is 0.235. The summed E-state index contributed by atoms with van der Waals surface area (Å²) in [5, 5.41) is 1.92. The highest BCUT2D eigenvalue weighted by atomic mass is 32.2. The molecule has 0 atom stereocenters. The smallest absolute Gasteiger partial charge is 0.240 e. The predicted molar refractivity (Wildman–Crippen MR) is 99.7 cm³/mol. The molecule has 0 radical (unpaired) electrons. The molecule has 0 aliphatic carbocycles. The van der Waals surface area contributed by atoms with Gasteiger partial charge in [-0.25, -0.2) is 13.1 Å². The molecule has 0 saturated heterocycles. The molecule has 0 saturated carbocycles. The third kappa shape index (κ3) is 4.25. The number of benzene rings is 3. The molecule has 0 amide bonds. The van der Waals surface area contributed by atoms with Crippen molar-refractivity contribution in [3.05, 3.63) is 77.9 Å². The molecule has 3 rings (SSSR count). The largest absolute Gasteiger partial charge is 0.377 e. The van der Waals surface area contributed by atoms with Gasteiger partial charge >= 0.3 is 0 Å². The average molecular weight is 355 g/mol. The van der Waals surface area contributed by atoms with Crippen molar-refractivity contribution in [3.8, 4) is 0 Å². The van der Waals surface area contributed by atoms with Gasteiger partial charge in [-0.1, -0.05) is 54.6 Å². The summed E-state index contributed by atoms with van der Waals surface area (Å²) in [6.07, 6.45) is 0. The van der Waals surface area contributed by atoms with Crippen molar-refractivity contribution in [2.45, 2.75) is 25.0 Å². The molecule has 0 aromatic heterocycles. The summed E-state index contributed by atoms with van der Waals surface area (Å²) < 4.78 is 33.4. The predicted octanol–water partition coefficient (Wildman–Crippen LogP) is 3.85. The maximum atomic E-state index is 12.6. The van der Waals surface area contributed by atoms with E-state index in [2.05, 4.69) is 4.72 Å². The highest BCUT2D eigenvalue weighted by molar-refractivity contribution is 7.89. The Hall–Kier alpha value is -2.21. The van der Waals surface area contributed by atoms with E-state index >= 15 is 0 Å². The molecule has 1 N–H and O–H groups in total. The maximum absolute atomic E-state index is 12.6. The zero-order chi connectivity index (χ0) is 17.7. The molecule has 0 heterocycles. The number of hydrogen-bond donors (Lipinski definition) is 1. The third-order valence-electron chi connectivity index (χ3n) is 4.06. The van der Waals surface area contributed by atoms with Crippen molar-refractivity contribution in [2.24, 2.45) is 0 Å². The summed E-state index contributed by atoms with van der Waals surface area (Å²) in [6.45, 7) is 3.27. The van der Waals surface area contributed by atoms with Crippen LogP contribution in [0.25, 0.3) is 10.8 Å². The van der Waals surface area contributed by atoms with E-state index in [-0.39, 0.29) is 11.4 Å². The lowest BCUT2D eigenvalue weighted by atomic mass is 10.1. The Bertz CT molecular complexity index is 967. The molecule has 5 heteroatoms. The van der Waals surface area contributed by atoms with E-state index in [0.717, 1.165) is 21.9 Å². The minimum atomic E-state index is -3.58. The van der Waals surface area contributed by atoms with Gasteiger partial charge in [0, 0.05) is 13.2 Å². The van der Waals surface area contributed by atoms with E-state index in [0.29, 0.717) is 13.2 Å². The van der Waals surface area contributed by atoms with Crippen molar-refractivity contribution in [1.29, 1.82) is 0 Å².